The monoisotopic (exact) mass is 512 g/mol. The Morgan fingerprint density at radius 2 is 1.66 bits per heavy atom. The number of carbonyl (C=O) groups excluding carboxylic acids is 1. The van der Waals surface area contributed by atoms with E-state index < -0.39 is 21.3 Å². The Bertz CT molecular complexity index is 1640. The Balaban J connectivity index is 1.42. The highest BCUT2D eigenvalue weighted by molar-refractivity contribution is 7.92. The van der Waals surface area contributed by atoms with Gasteiger partial charge in [-0.1, -0.05) is 35.9 Å². The number of sulfonamides is 1. The average Bonchev–Trinajstić information content (AvgIpc) is 2.81. The first-order valence-electron chi connectivity index (χ1n) is 10.6. The van der Waals surface area contributed by atoms with E-state index in [1.165, 1.54) is 22.8 Å². The fourth-order valence-electron chi connectivity index (χ4n) is 3.56. The molecule has 11 heteroatoms. The van der Waals surface area contributed by atoms with Crippen molar-refractivity contribution < 1.29 is 13.2 Å². The van der Waals surface area contributed by atoms with E-state index in [9.17, 15) is 22.8 Å². The maximum atomic E-state index is 12.7. The predicted molar refractivity (Wildman–Crippen MR) is 136 cm³/mol. The van der Waals surface area contributed by atoms with Crippen molar-refractivity contribution in [3.05, 3.63) is 98.2 Å². The number of benzene rings is 3. The molecule has 1 heterocycles. The number of H-pyrrole nitrogens is 1. The molecule has 180 valence electrons. The van der Waals surface area contributed by atoms with Crippen LogP contribution in [0.1, 0.15) is 12.0 Å². The molecule has 0 spiro atoms. The molecule has 0 bridgehead atoms. The van der Waals surface area contributed by atoms with Crippen molar-refractivity contribution in [3.8, 4) is 0 Å². The van der Waals surface area contributed by atoms with Gasteiger partial charge in [0.05, 0.1) is 15.9 Å². The molecule has 3 aromatic carbocycles. The van der Waals surface area contributed by atoms with Gasteiger partial charge in [-0.15, -0.1) is 0 Å². The largest absolute Gasteiger partial charge is 0.328 e. The molecule has 0 saturated heterocycles. The van der Waals surface area contributed by atoms with Crippen LogP contribution < -0.4 is 21.3 Å². The quantitative estimate of drug-likeness (QED) is 0.349. The van der Waals surface area contributed by atoms with Gasteiger partial charge in [0.15, 0.2) is 0 Å². The summed E-state index contributed by atoms with van der Waals surface area (Å²) in [5.41, 5.74) is 0.764. The summed E-state index contributed by atoms with van der Waals surface area (Å²) in [5.74, 6) is -0.355. The summed E-state index contributed by atoms with van der Waals surface area (Å²) in [6, 6.07) is 17.5. The lowest BCUT2D eigenvalue weighted by atomic mass is 10.2. The van der Waals surface area contributed by atoms with Crippen molar-refractivity contribution in [2.75, 3.05) is 10.0 Å². The Labute approximate surface area is 205 Å². The van der Waals surface area contributed by atoms with E-state index in [-0.39, 0.29) is 28.8 Å². The zero-order valence-corrected chi connectivity index (χ0v) is 20.1. The zero-order valence-electron chi connectivity index (χ0n) is 18.5. The number of aromatic nitrogens is 2. The van der Waals surface area contributed by atoms with Crippen LogP contribution in [0.15, 0.2) is 81.2 Å². The Morgan fingerprint density at radius 1 is 0.971 bits per heavy atom. The molecule has 0 radical (unpaired) electrons. The van der Waals surface area contributed by atoms with Crippen LogP contribution in [0.25, 0.3) is 10.9 Å². The number of halogens is 1. The van der Waals surface area contributed by atoms with E-state index in [4.69, 9.17) is 11.6 Å². The van der Waals surface area contributed by atoms with E-state index in [0.717, 1.165) is 0 Å². The summed E-state index contributed by atoms with van der Waals surface area (Å²) in [4.78, 5) is 38.9. The van der Waals surface area contributed by atoms with Crippen LogP contribution in [0.2, 0.25) is 5.02 Å². The molecule has 0 unspecified atom stereocenters. The van der Waals surface area contributed by atoms with Gasteiger partial charge in [-0.25, -0.2) is 13.2 Å². The Kier molecular flexibility index (Phi) is 6.77. The van der Waals surface area contributed by atoms with E-state index in [1.807, 2.05) is 0 Å². The van der Waals surface area contributed by atoms with Crippen LogP contribution in [-0.4, -0.2) is 23.9 Å². The molecule has 0 saturated carbocycles. The second kappa shape index (κ2) is 9.77. The molecule has 0 aliphatic carbocycles. The molecule has 1 aromatic heterocycles. The third kappa shape index (κ3) is 5.28. The topological polar surface area (TPSA) is 130 Å². The molecule has 9 nitrogen and oxygen atoms in total. The summed E-state index contributed by atoms with van der Waals surface area (Å²) in [7, 11) is -3.89. The standard InChI is InChI=1S/C24H21ClN4O5S/c1-15-5-4-8-20(22(15)25)35(33,34)28-17-11-9-16(10-12-17)26-21(30)13-14-29-19-7-3-2-6-18(19)23(31)27-24(29)32/h2-12,28H,13-14H2,1H3,(H,26,30)(H,27,31,32). The number of nitrogens with one attached hydrogen (secondary N) is 3. The van der Waals surface area contributed by atoms with Gasteiger partial charge < -0.3 is 5.32 Å². The highest BCUT2D eigenvalue weighted by Gasteiger charge is 2.19. The minimum atomic E-state index is -3.89. The number of rotatable bonds is 7. The summed E-state index contributed by atoms with van der Waals surface area (Å²) in [5, 5.41) is 3.21. The van der Waals surface area contributed by atoms with Crippen molar-refractivity contribution in [1.82, 2.24) is 9.55 Å². The van der Waals surface area contributed by atoms with Gasteiger partial charge in [0.25, 0.3) is 15.6 Å². The number of hydrogen-bond acceptors (Lipinski definition) is 5. The van der Waals surface area contributed by atoms with Gasteiger partial charge in [0, 0.05) is 24.3 Å². The van der Waals surface area contributed by atoms with Crippen LogP contribution in [0, 0.1) is 6.92 Å². The third-order valence-electron chi connectivity index (χ3n) is 5.33. The Hall–Kier alpha value is -3.89. The summed E-state index contributed by atoms with van der Waals surface area (Å²) >= 11 is 6.14. The van der Waals surface area contributed by atoms with Crippen molar-refractivity contribution in [2.24, 2.45) is 0 Å². The lowest BCUT2D eigenvalue weighted by molar-refractivity contribution is -0.116. The van der Waals surface area contributed by atoms with Crippen molar-refractivity contribution in [3.63, 3.8) is 0 Å². The number of nitrogens with zero attached hydrogens (tertiary/aromatic N) is 1. The summed E-state index contributed by atoms with van der Waals surface area (Å²) < 4.78 is 29.2. The first kappa shape index (κ1) is 24.2. The number of aromatic amines is 1. The molecule has 4 rings (SSSR count). The van der Waals surface area contributed by atoms with E-state index >= 15 is 0 Å². The molecule has 35 heavy (non-hydrogen) atoms. The van der Waals surface area contributed by atoms with E-state index in [1.54, 1.807) is 55.5 Å². The normalized spacial score (nSPS) is 11.4. The van der Waals surface area contributed by atoms with Crippen LogP contribution in [0.4, 0.5) is 11.4 Å². The summed E-state index contributed by atoms with van der Waals surface area (Å²) in [6.07, 6.45) is -0.0177. The smallest absolute Gasteiger partial charge is 0.326 e. The first-order valence-corrected chi connectivity index (χ1v) is 12.4. The van der Waals surface area contributed by atoms with Gasteiger partial charge >= 0.3 is 5.69 Å². The van der Waals surface area contributed by atoms with Crippen LogP contribution in [0.3, 0.4) is 0 Å². The van der Waals surface area contributed by atoms with E-state index in [0.29, 0.717) is 27.8 Å². The second-order valence-corrected chi connectivity index (χ2v) is 9.82. The zero-order chi connectivity index (χ0) is 25.2. The van der Waals surface area contributed by atoms with Crippen LogP contribution in [0.5, 0.6) is 0 Å². The molecule has 4 aromatic rings. The van der Waals surface area contributed by atoms with Gasteiger partial charge in [0.1, 0.15) is 4.90 Å². The van der Waals surface area contributed by atoms with Crippen LogP contribution >= 0.6 is 11.6 Å². The van der Waals surface area contributed by atoms with Crippen LogP contribution in [-0.2, 0) is 21.4 Å². The Morgan fingerprint density at radius 3 is 2.40 bits per heavy atom. The third-order valence-corrected chi connectivity index (χ3v) is 7.37. The van der Waals surface area contributed by atoms with Crippen molar-refractivity contribution >= 4 is 49.8 Å². The van der Waals surface area contributed by atoms with Gasteiger partial charge in [-0.05, 0) is 55.0 Å². The SMILES string of the molecule is Cc1cccc(S(=O)(=O)Nc2ccc(NC(=O)CCn3c(=O)[nH]c(=O)c4ccccc43)cc2)c1Cl. The van der Waals surface area contributed by atoms with Gasteiger partial charge in [-0.3, -0.25) is 23.9 Å². The maximum Gasteiger partial charge on any atom is 0.328 e. The number of fused-ring (bicyclic) bond motifs is 1. The van der Waals surface area contributed by atoms with Crippen molar-refractivity contribution in [1.29, 1.82) is 0 Å². The molecule has 3 N–H and O–H groups in total. The highest BCUT2D eigenvalue weighted by Crippen LogP contribution is 2.27. The molecule has 0 aliphatic rings. The average molecular weight is 513 g/mol. The van der Waals surface area contributed by atoms with E-state index in [2.05, 4.69) is 15.0 Å². The molecular formula is C24H21ClN4O5S. The summed E-state index contributed by atoms with van der Waals surface area (Å²) in [6.45, 7) is 1.78. The fourth-order valence-corrected chi connectivity index (χ4v) is 5.20. The number of para-hydroxylation sites is 1. The van der Waals surface area contributed by atoms with Gasteiger partial charge in [-0.2, -0.15) is 0 Å². The predicted octanol–water partition coefficient (Wildman–Crippen LogP) is 3.48. The number of hydrogen-bond donors (Lipinski definition) is 3. The number of amides is 1. The minimum Gasteiger partial charge on any atom is -0.326 e. The molecule has 0 aliphatic heterocycles. The highest BCUT2D eigenvalue weighted by atomic mass is 35.5. The first-order chi connectivity index (χ1) is 16.7. The lowest BCUT2D eigenvalue weighted by Crippen LogP contribution is -2.31. The minimum absolute atomic E-state index is 0.0177. The number of aryl methyl sites for hydroxylation is 2. The molecule has 0 fully saturated rings. The molecule has 0 atom stereocenters. The molecule has 1 amide bonds. The fraction of sp³-hybridized carbons (Fsp3) is 0.125. The maximum absolute atomic E-state index is 12.7. The number of carbonyl (C=O) groups is 1. The van der Waals surface area contributed by atoms with Gasteiger partial charge in [0.2, 0.25) is 5.91 Å². The molecular weight excluding hydrogens is 492 g/mol. The second-order valence-electron chi connectivity index (χ2n) is 7.80. The lowest BCUT2D eigenvalue weighted by Gasteiger charge is -2.12. The number of anilines is 2. The van der Waals surface area contributed by atoms with Crippen molar-refractivity contribution in [2.45, 2.75) is 24.8 Å².